The summed E-state index contributed by atoms with van der Waals surface area (Å²) in [5.41, 5.74) is 2.49. The lowest BCUT2D eigenvalue weighted by Gasteiger charge is -2.06. The van der Waals surface area contributed by atoms with Gasteiger partial charge in [0.25, 0.3) is 0 Å². The molecule has 0 saturated heterocycles. The van der Waals surface area contributed by atoms with Crippen LogP contribution in [-0.4, -0.2) is 18.2 Å². The summed E-state index contributed by atoms with van der Waals surface area (Å²) in [7, 11) is -3.79. The van der Waals surface area contributed by atoms with Crippen LogP contribution in [0.4, 0.5) is 0 Å². The molecule has 19 heavy (non-hydrogen) atoms. The Morgan fingerprint density at radius 3 is 2.37 bits per heavy atom. The third-order valence-electron chi connectivity index (χ3n) is 2.91. The number of hydrogen-bond acceptors (Lipinski definition) is 3. The minimum Gasteiger partial charge on any atom is -0.236 e. The smallest absolute Gasteiger partial charge is 0.236 e. The predicted molar refractivity (Wildman–Crippen MR) is 74.2 cm³/mol. The van der Waals surface area contributed by atoms with Crippen molar-refractivity contribution in [1.82, 2.24) is 9.78 Å². The molecule has 0 aliphatic heterocycles. The van der Waals surface area contributed by atoms with Crippen molar-refractivity contribution in [2.75, 3.05) is 0 Å². The highest BCUT2D eigenvalue weighted by molar-refractivity contribution is 7.89. The van der Waals surface area contributed by atoms with Crippen LogP contribution in [0.15, 0.2) is 23.1 Å². The number of hydrogen-bond donors (Lipinski definition) is 1. The molecule has 0 unspecified atom stereocenters. The molecule has 0 spiro atoms. The molecule has 0 atom stereocenters. The van der Waals surface area contributed by atoms with Gasteiger partial charge in [-0.1, -0.05) is 17.7 Å². The highest BCUT2D eigenvalue weighted by atomic mass is 35.5. The average molecular weight is 300 g/mol. The molecule has 0 bridgehead atoms. The second kappa shape index (κ2) is 4.63. The monoisotopic (exact) mass is 299 g/mol. The molecule has 0 radical (unpaired) electrons. The topological polar surface area (TPSA) is 78.0 Å². The number of aryl methyl sites for hydroxylation is 2. The molecule has 102 valence electrons. The van der Waals surface area contributed by atoms with E-state index in [0.717, 1.165) is 5.56 Å². The molecule has 2 rings (SSSR count). The van der Waals surface area contributed by atoms with Crippen LogP contribution in [0, 0.1) is 20.8 Å². The summed E-state index contributed by atoms with van der Waals surface area (Å²) >= 11 is 6.07. The summed E-state index contributed by atoms with van der Waals surface area (Å²) in [5.74, 6) is 0. The van der Waals surface area contributed by atoms with Gasteiger partial charge in [-0.2, -0.15) is 5.10 Å². The molecule has 1 heterocycles. The summed E-state index contributed by atoms with van der Waals surface area (Å²) in [6.07, 6.45) is 0. The van der Waals surface area contributed by atoms with Gasteiger partial charge in [0.15, 0.2) is 0 Å². The quantitative estimate of drug-likeness (QED) is 0.922. The second-order valence-corrected chi connectivity index (χ2v) is 6.30. The minimum absolute atomic E-state index is 0.0594. The highest BCUT2D eigenvalue weighted by Gasteiger charge is 2.21. The average Bonchev–Trinajstić information content (AvgIpc) is 2.57. The summed E-state index contributed by atoms with van der Waals surface area (Å²) < 4.78 is 24.6. The Kier molecular flexibility index (Phi) is 3.42. The van der Waals surface area contributed by atoms with E-state index in [-0.39, 0.29) is 4.90 Å². The van der Waals surface area contributed by atoms with Gasteiger partial charge < -0.3 is 0 Å². The molecule has 7 heteroatoms. The summed E-state index contributed by atoms with van der Waals surface area (Å²) in [6.45, 7) is 5.16. The molecule has 1 aromatic heterocycles. The molecular formula is C12H14ClN3O2S. The molecule has 5 nitrogen and oxygen atoms in total. The number of nitrogens with zero attached hydrogens (tertiary/aromatic N) is 2. The van der Waals surface area contributed by atoms with Gasteiger partial charge in [-0.05, 0) is 38.5 Å². The number of benzene rings is 1. The van der Waals surface area contributed by atoms with Crippen LogP contribution in [0.5, 0.6) is 0 Å². The maximum absolute atomic E-state index is 11.5. The van der Waals surface area contributed by atoms with E-state index in [1.165, 1.54) is 4.68 Å². The zero-order valence-electron chi connectivity index (χ0n) is 10.8. The number of nitrogens with two attached hydrogens (primary N) is 1. The van der Waals surface area contributed by atoms with Crippen molar-refractivity contribution in [3.8, 4) is 5.69 Å². The van der Waals surface area contributed by atoms with Crippen molar-refractivity contribution in [2.45, 2.75) is 25.7 Å². The van der Waals surface area contributed by atoms with Crippen molar-refractivity contribution in [3.63, 3.8) is 0 Å². The second-order valence-electron chi connectivity index (χ2n) is 4.39. The van der Waals surface area contributed by atoms with Crippen LogP contribution in [0.1, 0.15) is 17.0 Å². The third-order valence-corrected chi connectivity index (χ3v) is 4.48. The lowest BCUT2D eigenvalue weighted by molar-refractivity contribution is 0.596. The number of sulfonamides is 1. The highest BCUT2D eigenvalue weighted by Crippen LogP contribution is 2.24. The number of rotatable bonds is 2. The molecule has 2 N–H and O–H groups in total. The molecular weight excluding hydrogens is 286 g/mol. The number of primary sulfonamides is 1. The SMILES string of the molecule is Cc1ccc(-n2nc(C)c(S(N)(=O)=O)c2C)cc1Cl. The first-order chi connectivity index (χ1) is 8.71. The van der Waals surface area contributed by atoms with Gasteiger partial charge in [0.05, 0.1) is 17.1 Å². The molecule has 0 aliphatic rings. The lowest BCUT2D eigenvalue weighted by atomic mass is 10.2. The van der Waals surface area contributed by atoms with Crippen molar-refractivity contribution >= 4 is 21.6 Å². The summed E-state index contributed by atoms with van der Waals surface area (Å²) in [6, 6.07) is 5.42. The van der Waals surface area contributed by atoms with E-state index in [2.05, 4.69) is 5.10 Å². The standard InChI is InChI=1S/C12H14ClN3O2S/c1-7-4-5-10(6-11(7)13)16-9(3)12(8(2)15-16)19(14,17)18/h4-6H,1-3H3,(H2,14,17,18). The van der Waals surface area contributed by atoms with Crippen molar-refractivity contribution in [3.05, 3.63) is 40.2 Å². The van der Waals surface area contributed by atoms with Gasteiger partial charge in [0, 0.05) is 5.02 Å². The van der Waals surface area contributed by atoms with Gasteiger partial charge in [0.2, 0.25) is 10.0 Å². The first-order valence-electron chi connectivity index (χ1n) is 5.57. The molecule has 0 saturated carbocycles. The number of aromatic nitrogens is 2. The summed E-state index contributed by atoms with van der Waals surface area (Å²) in [4.78, 5) is 0.0594. The van der Waals surface area contributed by atoms with Crippen LogP contribution in [-0.2, 0) is 10.0 Å². The molecule has 0 aliphatic carbocycles. The molecule has 1 aromatic carbocycles. The Labute approximate surface area is 117 Å². The fraction of sp³-hybridized carbons (Fsp3) is 0.250. The van der Waals surface area contributed by atoms with Gasteiger partial charge in [-0.25, -0.2) is 18.2 Å². The van der Waals surface area contributed by atoms with Crippen LogP contribution in [0.25, 0.3) is 5.69 Å². The van der Waals surface area contributed by atoms with Gasteiger partial charge in [-0.3, -0.25) is 0 Å². The van der Waals surface area contributed by atoms with Crippen molar-refractivity contribution in [2.24, 2.45) is 5.14 Å². The van der Waals surface area contributed by atoms with Gasteiger partial charge in [-0.15, -0.1) is 0 Å². The molecule has 2 aromatic rings. The van der Waals surface area contributed by atoms with E-state index in [9.17, 15) is 8.42 Å². The first-order valence-corrected chi connectivity index (χ1v) is 7.50. The normalized spacial score (nSPS) is 11.8. The Balaban J connectivity index is 2.68. The molecule has 0 fully saturated rings. The number of halogens is 1. The van der Waals surface area contributed by atoms with E-state index < -0.39 is 10.0 Å². The van der Waals surface area contributed by atoms with Gasteiger partial charge in [0.1, 0.15) is 4.90 Å². The fourth-order valence-corrected chi connectivity index (χ4v) is 3.13. The third kappa shape index (κ3) is 2.51. The Bertz CT molecular complexity index is 751. The Morgan fingerprint density at radius 1 is 1.26 bits per heavy atom. The maximum atomic E-state index is 11.5. The summed E-state index contributed by atoms with van der Waals surface area (Å²) in [5, 5.41) is 10.0. The maximum Gasteiger partial charge on any atom is 0.241 e. The largest absolute Gasteiger partial charge is 0.241 e. The fourth-order valence-electron chi connectivity index (χ4n) is 2.01. The van der Waals surface area contributed by atoms with Crippen LogP contribution < -0.4 is 5.14 Å². The van der Waals surface area contributed by atoms with Crippen LogP contribution >= 0.6 is 11.6 Å². The van der Waals surface area contributed by atoms with Crippen LogP contribution in [0.2, 0.25) is 5.02 Å². The van der Waals surface area contributed by atoms with E-state index in [0.29, 0.717) is 22.1 Å². The Morgan fingerprint density at radius 2 is 1.89 bits per heavy atom. The van der Waals surface area contributed by atoms with Crippen LogP contribution in [0.3, 0.4) is 0 Å². The van der Waals surface area contributed by atoms with E-state index in [1.807, 2.05) is 19.1 Å². The zero-order valence-corrected chi connectivity index (χ0v) is 12.4. The first kappa shape index (κ1) is 14.0. The van der Waals surface area contributed by atoms with E-state index >= 15 is 0 Å². The Hall–Kier alpha value is -1.37. The van der Waals surface area contributed by atoms with Crippen molar-refractivity contribution in [1.29, 1.82) is 0 Å². The minimum atomic E-state index is -3.79. The molecule has 0 amide bonds. The van der Waals surface area contributed by atoms with Gasteiger partial charge >= 0.3 is 0 Å². The zero-order chi connectivity index (χ0) is 14.4. The lowest BCUT2D eigenvalue weighted by Crippen LogP contribution is -2.14. The predicted octanol–water partition coefficient (Wildman–Crippen LogP) is 2.10. The van der Waals surface area contributed by atoms with E-state index in [1.54, 1.807) is 19.9 Å². The van der Waals surface area contributed by atoms with Crippen molar-refractivity contribution < 1.29 is 8.42 Å². The van der Waals surface area contributed by atoms with E-state index in [4.69, 9.17) is 16.7 Å².